The average molecular weight is 193 g/mol. The van der Waals surface area contributed by atoms with Crippen LogP contribution < -0.4 is 29.6 Å². The molecule has 0 spiro atoms. The molecular weight excluding hydrogens is 186 g/mol. The Morgan fingerprint density at radius 2 is 2.00 bits per heavy atom. The molecule has 1 saturated carbocycles. The molecule has 1 atom stereocenters. The van der Waals surface area contributed by atoms with Crippen molar-refractivity contribution in [3.63, 3.8) is 0 Å². The summed E-state index contributed by atoms with van der Waals surface area (Å²) in [6, 6.07) is 0. The molecule has 1 rings (SSSR count). The quantitative estimate of drug-likeness (QED) is 0.418. The minimum absolute atomic E-state index is 0. The van der Waals surface area contributed by atoms with Gasteiger partial charge in [-0.1, -0.05) is 0 Å². The number of carboxylic acid groups (broad SMARTS) is 1. The van der Waals surface area contributed by atoms with Crippen LogP contribution in [0, 0.1) is 5.41 Å². The summed E-state index contributed by atoms with van der Waals surface area (Å²) in [5.74, 6) is -0.924. The molecule has 2 nitrogen and oxygen atoms in total. The molecule has 0 heterocycles. The minimum atomic E-state index is -1.03. The molecule has 0 radical (unpaired) electrons. The van der Waals surface area contributed by atoms with Crippen LogP contribution in [0.1, 0.15) is 14.8 Å². The van der Waals surface area contributed by atoms with E-state index in [2.05, 4.69) is 0 Å². The second-order valence-corrected chi connectivity index (χ2v) is 4.00. The van der Waals surface area contributed by atoms with E-state index in [1.807, 2.05) is 0 Å². The Hall–Kier alpha value is 1.05. The van der Waals surface area contributed by atoms with Crippen LogP contribution in [-0.4, -0.2) is 15.4 Å². The largest absolute Gasteiger partial charge is 1.00 e. The zero-order chi connectivity index (χ0) is 7.28. The van der Waals surface area contributed by atoms with E-state index in [1.54, 1.807) is 0 Å². The van der Waals surface area contributed by atoms with Crippen LogP contribution in [0.25, 0.3) is 0 Å². The summed E-state index contributed by atoms with van der Waals surface area (Å²) in [5, 5.41) is 8.48. The van der Waals surface area contributed by atoms with Gasteiger partial charge in [-0.2, -0.15) is 0 Å². The molecule has 10 heavy (non-hydrogen) atoms. The molecule has 1 aliphatic carbocycles. The molecule has 0 amide bonds. The molecule has 1 fully saturated rings. The summed E-state index contributed by atoms with van der Waals surface area (Å²) in [4.78, 5) is 10.3. The van der Waals surface area contributed by atoms with Gasteiger partial charge in [-0.15, -0.1) is 23.2 Å². The molecule has 0 saturated heterocycles. The first-order valence-electron chi connectivity index (χ1n) is 2.51. The fourth-order valence-corrected chi connectivity index (χ4v) is 1.33. The fourth-order valence-electron chi connectivity index (χ4n) is 0.632. The molecule has 0 aromatic heterocycles. The van der Waals surface area contributed by atoms with Crippen LogP contribution in [0.4, 0.5) is 0 Å². The molecule has 5 heteroatoms. The van der Waals surface area contributed by atoms with Gasteiger partial charge in [0.1, 0.15) is 9.75 Å². The van der Waals surface area contributed by atoms with Crippen molar-refractivity contribution in [1.29, 1.82) is 0 Å². The topological polar surface area (TPSA) is 37.3 Å². The van der Waals surface area contributed by atoms with Crippen LogP contribution in [0.5, 0.6) is 0 Å². The third kappa shape index (κ3) is 1.46. The SMILES string of the molecule is CC1(C(=O)O)CC1(Cl)Cl.[H-].[Na+]. The van der Waals surface area contributed by atoms with E-state index in [1.165, 1.54) is 6.92 Å². The second kappa shape index (κ2) is 2.83. The fraction of sp³-hybridized carbons (Fsp3) is 0.800. The first-order chi connectivity index (χ1) is 3.90. The van der Waals surface area contributed by atoms with Gasteiger partial charge in [0, 0.05) is 6.42 Å². The van der Waals surface area contributed by atoms with Gasteiger partial charge in [-0.05, 0) is 6.92 Å². The zero-order valence-corrected chi connectivity index (χ0v) is 9.33. The van der Waals surface area contributed by atoms with Gasteiger partial charge in [0.05, 0.1) is 0 Å². The number of carbonyl (C=O) groups is 1. The Labute approximate surface area is 92.7 Å². The van der Waals surface area contributed by atoms with E-state index in [0.717, 1.165) is 0 Å². The van der Waals surface area contributed by atoms with Crippen molar-refractivity contribution in [3.8, 4) is 0 Å². The summed E-state index contributed by atoms with van der Waals surface area (Å²) in [5.41, 5.74) is -0.907. The molecule has 1 aliphatic rings. The molecule has 0 aromatic rings. The summed E-state index contributed by atoms with van der Waals surface area (Å²) in [7, 11) is 0. The van der Waals surface area contributed by atoms with Crippen LogP contribution >= 0.6 is 23.2 Å². The van der Waals surface area contributed by atoms with Crippen molar-refractivity contribution in [3.05, 3.63) is 0 Å². The van der Waals surface area contributed by atoms with Crippen LogP contribution in [0.3, 0.4) is 0 Å². The molecule has 0 bridgehead atoms. The van der Waals surface area contributed by atoms with E-state index in [9.17, 15) is 4.79 Å². The summed E-state index contributed by atoms with van der Waals surface area (Å²) in [6.07, 6.45) is 0.346. The number of rotatable bonds is 1. The van der Waals surface area contributed by atoms with Crippen molar-refractivity contribution in [2.24, 2.45) is 5.41 Å². The number of halogens is 2. The third-order valence-corrected chi connectivity index (χ3v) is 2.83. The maximum atomic E-state index is 10.3. The van der Waals surface area contributed by atoms with E-state index in [0.29, 0.717) is 6.42 Å². The first-order valence-corrected chi connectivity index (χ1v) is 3.27. The maximum absolute atomic E-state index is 10.3. The van der Waals surface area contributed by atoms with Crippen molar-refractivity contribution < 1.29 is 40.9 Å². The number of hydrogen-bond acceptors (Lipinski definition) is 1. The Balaban J connectivity index is 0. The van der Waals surface area contributed by atoms with Crippen molar-refractivity contribution in [2.75, 3.05) is 0 Å². The normalized spacial score (nSPS) is 34.3. The van der Waals surface area contributed by atoms with E-state index in [-0.39, 0.29) is 31.0 Å². The van der Waals surface area contributed by atoms with Crippen molar-refractivity contribution in [1.82, 2.24) is 0 Å². The smallest absolute Gasteiger partial charge is 1.00 e. The van der Waals surface area contributed by atoms with Crippen molar-refractivity contribution in [2.45, 2.75) is 17.7 Å². The van der Waals surface area contributed by atoms with Crippen LogP contribution in [-0.2, 0) is 4.79 Å². The van der Waals surface area contributed by atoms with Gasteiger partial charge in [-0.25, -0.2) is 0 Å². The van der Waals surface area contributed by atoms with Crippen LogP contribution in [0.15, 0.2) is 0 Å². The Kier molecular flexibility index (Phi) is 3.13. The second-order valence-electron chi connectivity index (χ2n) is 2.52. The van der Waals surface area contributed by atoms with Gasteiger partial charge >= 0.3 is 35.5 Å². The Morgan fingerprint density at radius 3 is 2.00 bits per heavy atom. The van der Waals surface area contributed by atoms with E-state index < -0.39 is 15.7 Å². The van der Waals surface area contributed by atoms with Gasteiger partial charge in [0.15, 0.2) is 0 Å². The Bertz CT molecular complexity index is 176. The predicted octanol–water partition coefficient (Wildman–Crippen LogP) is -1.23. The Morgan fingerprint density at radius 1 is 1.70 bits per heavy atom. The predicted molar refractivity (Wildman–Crippen MR) is 35.9 cm³/mol. The van der Waals surface area contributed by atoms with Crippen molar-refractivity contribution >= 4 is 29.2 Å². The number of carboxylic acids is 1. The number of hydrogen-bond donors (Lipinski definition) is 1. The molecule has 1 N–H and O–H groups in total. The third-order valence-electron chi connectivity index (χ3n) is 1.73. The molecule has 0 aromatic carbocycles. The standard InChI is InChI=1S/C5H6Cl2O2.Na.H/c1-4(3(8)9)2-5(4,6)7;;/h2H2,1H3,(H,8,9);;/q;+1;-1. The van der Waals surface area contributed by atoms with E-state index >= 15 is 0 Å². The molecule has 0 aliphatic heterocycles. The van der Waals surface area contributed by atoms with Gasteiger partial charge < -0.3 is 6.53 Å². The molecule has 54 valence electrons. The van der Waals surface area contributed by atoms with Crippen LogP contribution in [0.2, 0.25) is 0 Å². The van der Waals surface area contributed by atoms with Gasteiger partial charge in [0.25, 0.3) is 0 Å². The summed E-state index contributed by atoms with van der Waals surface area (Å²) in [6.45, 7) is 1.54. The molecule has 1 unspecified atom stereocenters. The first kappa shape index (κ1) is 11.1. The van der Waals surface area contributed by atoms with E-state index in [4.69, 9.17) is 28.3 Å². The number of aliphatic carboxylic acids is 1. The summed E-state index contributed by atoms with van der Waals surface area (Å²) < 4.78 is -1.03. The molecular formula is C5H7Cl2NaO2. The minimum Gasteiger partial charge on any atom is -1.00 e. The zero-order valence-electron chi connectivity index (χ0n) is 6.82. The monoisotopic (exact) mass is 192 g/mol. The van der Waals surface area contributed by atoms with Gasteiger partial charge in [-0.3, -0.25) is 4.79 Å². The van der Waals surface area contributed by atoms with Gasteiger partial charge in [0.2, 0.25) is 0 Å². The summed E-state index contributed by atoms with van der Waals surface area (Å²) >= 11 is 11.1. The number of alkyl halides is 2. The maximum Gasteiger partial charge on any atom is 1.00 e. The average Bonchev–Trinajstić information content (AvgIpc) is 2.08.